The summed E-state index contributed by atoms with van der Waals surface area (Å²) in [7, 11) is -3.79. The molecule has 1 heterocycles. The molecule has 0 aliphatic carbocycles. The lowest BCUT2D eigenvalue weighted by Gasteiger charge is -2.15. The van der Waals surface area contributed by atoms with E-state index in [4.69, 9.17) is 5.14 Å². The van der Waals surface area contributed by atoms with E-state index in [9.17, 15) is 18.0 Å². The lowest BCUT2D eigenvalue weighted by molar-refractivity contribution is -0.137. The molecule has 0 unspecified atom stereocenters. The second-order valence-electron chi connectivity index (χ2n) is 6.39. The average Bonchev–Trinajstić information content (AvgIpc) is 2.87. The van der Waals surface area contributed by atoms with Crippen molar-refractivity contribution in [2.75, 3.05) is 5.75 Å². The van der Waals surface area contributed by atoms with E-state index >= 15 is 0 Å². The lowest BCUT2D eigenvalue weighted by Crippen LogP contribution is -2.31. The van der Waals surface area contributed by atoms with E-state index < -0.39 is 10.0 Å². The molecule has 8 heteroatoms. The predicted molar refractivity (Wildman–Crippen MR) is 110 cm³/mol. The van der Waals surface area contributed by atoms with E-state index in [2.05, 4.69) is 0 Å². The van der Waals surface area contributed by atoms with E-state index in [1.165, 1.54) is 28.8 Å². The number of sulfonamides is 1. The Morgan fingerprint density at radius 3 is 2.11 bits per heavy atom. The van der Waals surface area contributed by atoms with Gasteiger partial charge in [-0.3, -0.25) is 14.5 Å². The van der Waals surface area contributed by atoms with Gasteiger partial charge in [-0.15, -0.1) is 11.8 Å². The van der Waals surface area contributed by atoms with Crippen LogP contribution in [0.5, 0.6) is 0 Å². The molecule has 0 fully saturated rings. The highest BCUT2D eigenvalue weighted by Crippen LogP contribution is 2.36. The molecule has 2 aromatic rings. The van der Waals surface area contributed by atoms with Crippen molar-refractivity contribution >= 4 is 39.2 Å². The first-order valence-electron chi connectivity index (χ1n) is 8.64. The van der Waals surface area contributed by atoms with Gasteiger partial charge in [0.15, 0.2) is 0 Å². The number of nitrogens with two attached hydrogens (primary N) is 1. The van der Waals surface area contributed by atoms with Crippen molar-refractivity contribution in [1.82, 2.24) is 4.90 Å². The first-order valence-corrected chi connectivity index (χ1v) is 11.2. The highest BCUT2D eigenvalue weighted by Gasteiger charge is 2.38. The van der Waals surface area contributed by atoms with Crippen LogP contribution in [0.3, 0.4) is 0 Å². The van der Waals surface area contributed by atoms with Gasteiger partial charge in [0.05, 0.1) is 21.9 Å². The maximum Gasteiger partial charge on any atom is 0.268 e. The second kappa shape index (κ2) is 7.90. The number of rotatable bonds is 6. The topological polar surface area (TPSA) is 97.5 Å². The number of imide groups is 1. The lowest BCUT2D eigenvalue weighted by atomic mass is 10.0. The first-order chi connectivity index (χ1) is 13.2. The number of hydrogen-bond acceptors (Lipinski definition) is 5. The summed E-state index contributed by atoms with van der Waals surface area (Å²) in [5.41, 5.74) is 2.84. The van der Waals surface area contributed by atoms with Gasteiger partial charge in [0.25, 0.3) is 11.8 Å². The van der Waals surface area contributed by atoms with Crippen LogP contribution in [-0.2, 0) is 26.2 Å². The van der Waals surface area contributed by atoms with Crippen molar-refractivity contribution in [2.24, 2.45) is 5.14 Å². The van der Waals surface area contributed by atoms with Gasteiger partial charge >= 0.3 is 0 Å². The molecule has 1 aliphatic rings. The molecule has 0 atom stereocenters. The molecular formula is C20H20N2O4S2. The van der Waals surface area contributed by atoms with E-state index in [1.807, 2.05) is 38.1 Å². The smallest absolute Gasteiger partial charge is 0.268 e. The number of amides is 2. The Hall–Kier alpha value is -2.42. The van der Waals surface area contributed by atoms with Gasteiger partial charge in [0.1, 0.15) is 0 Å². The minimum atomic E-state index is -3.79. The third kappa shape index (κ3) is 4.04. The molecule has 0 aromatic heterocycles. The molecular weight excluding hydrogens is 396 g/mol. The second-order valence-corrected chi connectivity index (χ2v) is 9.22. The number of primary sulfonamides is 1. The fraction of sp³-hybridized carbons (Fsp3) is 0.200. The number of aryl methyl sites for hydroxylation is 1. The van der Waals surface area contributed by atoms with Crippen molar-refractivity contribution in [1.29, 1.82) is 0 Å². The molecule has 6 nitrogen and oxygen atoms in total. The standard InChI is InChI=1S/C20H20N2O4S2/c1-3-27-18-17(15-8-4-13(2)5-9-15)19(23)22(20(18)24)12-14-6-10-16(11-7-14)28(21,25)26/h4-11H,3,12H2,1-2H3,(H2,21,25,26). The Morgan fingerprint density at radius 2 is 1.57 bits per heavy atom. The van der Waals surface area contributed by atoms with Crippen LogP contribution in [-0.4, -0.2) is 30.9 Å². The van der Waals surface area contributed by atoms with Gasteiger partial charge in [0, 0.05) is 0 Å². The van der Waals surface area contributed by atoms with Crippen LogP contribution in [0.2, 0.25) is 0 Å². The van der Waals surface area contributed by atoms with Crippen LogP contribution in [0.25, 0.3) is 5.57 Å². The molecule has 2 N–H and O–H groups in total. The molecule has 28 heavy (non-hydrogen) atoms. The van der Waals surface area contributed by atoms with Gasteiger partial charge < -0.3 is 0 Å². The van der Waals surface area contributed by atoms with E-state index in [0.29, 0.717) is 27.4 Å². The number of carbonyl (C=O) groups excluding carboxylic acids is 2. The summed E-state index contributed by atoms with van der Waals surface area (Å²) in [6, 6.07) is 13.3. The fourth-order valence-electron chi connectivity index (χ4n) is 2.92. The SMILES string of the molecule is CCSC1=C(c2ccc(C)cc2)C(=O)N(Cc2ccc(S(N)(=O)=O)cc2)C1=O. The molecule has 146 valence electrons. The number of benzene rings is 2. The number of hydrogen-bond donors (Lipinski definition) is 1. The van der Waals surface area contributed by atoms with Crippen LogP contribution in [0.15, 0.2) is 58.3 Å². The fourth-order valence-corrected chi connectivity index (χ4v) is 4.30. The molecule has 0 radical (unpaired) electrons. The summed E-state index contributed by atoms with van der Waals surface area (Å²) >= 11 is 1.35. The predicted octanol–water partition coefficient (Wildman–Crippen LogP) is 2.68. The quantitative estimate of drug-likeness (QED) is 0.730. The van der Waals surface area contributed by atoms with E-state index in [0.717, 1.165) is 5.56 Å². The Morgan fingerprint density at radius 1 is 0.964 bits per heavy atom. The maximum atomic E-state index is 13.0. The van der Waals surface area contributed by atoms with Gasteiger partial charge in [-0.2, -0.15) is 0 Å². The van der Waals surface area contributed by atoms with Crippen molar-refractivity contribution < 1.29 is 18.0 Å². The largest absolute Gasteiger partial charge is 0.269 e. The van der Waals surface area contributed by atoms with Crippen LogP contribution in [0.4, 0.5) is 0 Å². The molecule has 0 bridgehead atoms. The van der Waals surface area contributed by atoms with Crippen molar-refractivity contribution in [3.8, 4) is 0 Å². The minimum absolute atomic E-state index is 0.0176. The normalized spacial score (nSPS) is 14.9. The zero-order valence-corrected chi connectivity index (χ0v) is 17.1. The Labute approximate surface area is 168 Å². The zero-order valence-electron chi connectivity index (χ0n) is 15.5. The molecule has 0 spiro atoms. The summed E-state index contributed by atoms with van der Waals surface area (Å²) in [4.78, 5) is 27.6. The highest BCUT2D eigenvalue weighted by atomic mass is 32.2. The average molecular weight is 417 g/mol. The van der Waals surface area contributed by atoms with Crippen LogP contribution < -0.4 is 5.14 Å². The van der Waals surface area contributed by atoms with Crippen molar-refractivity contribution in [3.05, 3.63) is 70.1 Å². The third-order valence-electron chi connectivity index (χ3n) is 4.35. The molecule has 2 aromatic carbocycles. The van der Waals surface area contributed by atoms with E-state index in [-0.39, 0.29) is 23.3 Å². The van der Waals surface area contributed by atoms with Crippen molar-refractivity contribution in [2.45, 2.75) is 25.3 Å². The van der Waals surface area contributed by atoms with Gasteiger partial charge in [-0.25, -0.2) is 13.6 Å². The Bertz CT molecular complexity index is 1060. The summed E-state index contributed by atoms with van der Waals surface area (Å²) in [5, 5.41) is 5.10. The maximum absolute atomic E-state index is 13.0. The highest BCUT2D eigenvalue weighted by molar-refractivity contribution is 8.04. The minimum Gasteiger partial charge on any atom is -0.269 e. The third-order valence-corrected chi connectivity index (χ3v) is 6.23. The van der Waals surface area contributed by atoms with Gasteiger partial charge in [0.2, 0.25) is 10.0 Å². The summed E-state index contributed by atoms with van der Waals surface area (Å²) in [6.45, 7) is 3.95. The van der Waals surface area contributed by atoms with Gasteiger partial charge in [-0.1, -0.05) is 48.9 Å². The van der Waals surface area contributed by atoms with Crippen molar-refractivity contribution in [3.63, 3.8) is 0 Å². The molecule has 0 saturated carbocycles. The Kier molecular flexibility index (Phi) is 5.74. The van der Waals surface area contributed by atoms with Crippen LogP contribution >= 0.6 is 11.8 Å². The van der Waals surface area contributed by atoms with Crippen LogP contribution in [0.1, 0.15) is 23.6 Å². The molecule has 3 rings (SSSR count). The summed E-state index contributed by atoms with van der Waals surface area (Å²) < 4.78 is 22.8. The number of nitrogens with zero attached hydrogens (tertiary/aromatic N) is 1. The Balaban J connectivity index is 1.91. The molecule has 2 amide bonds. The van der Waals surface area contributed by atoms with Gasteiger partial charge in [-0.05, 0) is 35.9 Å². The summed E-state index contributed by atoms with van der Waals surface area (Å²) in [5.74, 6) is -0.0103. The van der Waals surface area contributed by atoms with E-state index in [1.54, 1.807) is 12.1 Å². The number of thioether (sulfide) groups is 1. The zero-order chi connectivity index (χ0) is 20.5. The first kappa shape index (κ1) is 20.3. The summed E-state index contributed by atoms with van der Waals surface area (Å²) in [6.07, 6.45) is 0. The number of carbonyl (C=O) groups is 2. The van der Waals surface area contributed by atoms with Crippen LogP contribution in [0, 0.1) is 6.92 Å². The molecule has 1 aliphatic heterocycles. The monoisotopic (exact) mass is 416 g/mol. The molecule has 0 saturated heterocycles.